The molecule has 0 fully saturated rings. The third-order valence-corrected chi connectivity index (χ3v) is 2.41. The van der Waals surface area contributed by atoms with Crippen LogP contribution in [-0.4, -0.2) is 0 Å². The molecule has 0 aromatic heterocycles. The molecule has 0 heterocycles. The summed E-state index contributed by atoms with van der Waals surface area (Å²) in [6.45, 7) is -0.262. The molecule has 2 aromatic rings. The number of halogens is 4. The van der Waals surface area contributed by atoms with E-state index < -0.39 is 29.0 Å². The molecule has 2 aromatic carbocycles. The minimum atomic E-state index is -1.57. The highest BCUT2D eigenvalue weighted by molar-refractivity contribution is 5.40. The Hall–Kier alpha value is -2.24. The maximum absolute atomic E-state index is 13.3. The van der Waals surface area contributed by atoms with Crippen LogP contribution in [0.4, 0.5) is 23.2 Å². The Kier molecular flexibility index (Phi) is 3.59. The van der Waals surface area contributed by atoms with E-state index in [1.807, 2.05) is 0 Å². The van der Waals surface area contributed by atoms with Crippen molar-refractivity contribution in [2.24, 2.45) is 0 Å². The molecular formula is C13H9F4NO. The smallest absolute Gasteiger partial charge is 0.203 e. The summed E-state index contributed by atoms with van der Waals surface area (Å²) >= 11 is 0. The second-order valence-corrected chi connectivity index (χ2v) is 3.83. The van der Waals surface area contributed by atoms with E-state index in [0.29, 0.717) is 11.3 Å². The van der Waals surface area contributed by atoms with Crippen molar-refractivity contribution in [3.63, 3.8) is 0 Å². The summed E-state index contributed by atoms with van der Waals surface area (Å²) in [6, 6.07) is 6.48. The zero-order valence-electron chi connectivity index (χ0n) is 9.59. The van der Waals surface area contributed by atoms with Crippen molar-refractivity contribution < 1.29 is 22.3 Å². The summed E-state index contributed by atoms with van der Waals surface area (Å²) in [5, 5.41) is 0. The number of hydrogen-bond donors (Lipinski definition) is 1. The van der Waals surface area contributed by atoms with Gasteiger partial charge in [-0.05, 0) is 17.7 Å². The van der Waals surface area contributed by atoms with Crippen LogP contribution < -0.4 is 10.5 Å². The van der Waals surface area contributed by atoms with Crippen LogP contribution in [0.3, 0.4) is 0 Å². The summed E-state index contributed by atoms with van der Waals surface area (Å²) in [5.74, 6) is -7.24. The fourth-order valence-electron chi connectivity index (χ4n) is 1.52. The summed E-state index contributed by atoms with van der Waals surface area (Å²) in [4.78, 5) is 0. The Balaban J connectivity index is 2.25. The molecule has 0 unspecified atom stereocenters. The van der Waals surface area contributed by atoms with Crippen LogP contribution in [0.5, 0.6) is 5.75 Å². The van der Waals surface area contributed by atoms with Crippen molar-refractivity contribution in [3.05, 3.63) is 59.2 Å². The molecule has 0 spiro atoms. The van der Waals surface area contributed by atoms with Crippen molar-refractivity contribution in [2.45, 2.75) is 6.61 Å². The van der Waals surface area contributed by atoms with Crippen molar-refractivity contribution in [1.29, 1.82) is 0 Å². The molecule has 0 atom stereocenters. The first kappa shape index (κ1) is 13.2. The van der Waals surface area contributed by atoms with Crippen LogP contribution >= 0.6 is 0 Å². The van der Waals surface area contributed by atoms with Crippen LogP contribution in [0.15, 0.2) is 30.3 Å². The van der Waals surface area contributed by atoms with E-state index in [4.69, 9.17) is 10.5 Å². The van der Waals surface area contributed by atoms with Crippen LogP contribution in [0.2, 0.25) is 0 Å². The summed E-state index contributed by atoms with van der Waals surface area (Å²) in [7, 11) is 0. The maximum atomic E-state index is 13.3. The van der Waals surface area contributed by atoms with Gasteiger partial charge in [-0.25, -0.2) is 8.78 Å². The van der Waals surface area contributed by atoms with Crippen molar-refractivity contribution in [3.8, 4) is 5.75 Å². The summed E-state index contributed by atoms with van der Waals surface area (Å²) in [6.07, 6.45) is 0. The standard InChI is InChI=1S/C13H9F4NO/c14-9-5-10(15)12(17)13(11(9)16)19-6-7-2-1-3-8(18)4-7/h1-5H,6,18H2. The van der Waals surface area contributed by atoms with Gasteiger partial charge in [0.1, 0.15) is 6.61 Å². The Bertz CT molecular complexity index is 590. The van der Waals surface area contributed by atoms with Gasteiger partial charge in [-0.2, -0.15) is 8.78 Å². The van der Waals surface area contributed by atoms with Crippen LogP contribution in [0.1, 0.15) is 5.56 Å². The van der Waals surface area contributed by atoms with Crippen LogP contribution in [0, 0.1) is 23.3 Å². The second-order valence-electron chi connectivity index (χ2n) is 3.83. The van der Waals surface area contributed by atoms with Crippen LogP contribution in [0.25, 0.3) is 0 Å². The molecule has 0 radical (unpaired) electrons. The van der Waals surface area contributed by atoms with E-state index in [9.17, 15) is 17.6 Å². The predicted octanol–water partition coefficient (Wildman–Crippen LogP) is 3.40. The van der Waals surface area contributed by atoms with Gasteiger partial charge in [0.25, 0.3) is 0 Å². The summed E-state index contributed by atoms with van der Waals surface area (Å²) in [5.41, 5.74) is 6.47. The van der Waals surface area contributed by atoms with E-state index in [1.165, 1.54) is 6.07 Å². The first-order valence-electron chi connectivity index (χ1n) is 5.29. The molecule has 6 heteroatoms. The number of ether oxygens (including phenoxy) is 1. The Morgan fingerprint density at radius 1 is 0.947 bits per heavy atom. The van der Waals surface area contributed by atoms with Gasteiger partial charge >= 0.3 is 0 Å². The van der Waals surface area contributed by atoms with Crippen molar-refractivity contribution in [1.82, 2.24) is 0 Å². The van der Waals surface area contributed by atoms with Crippen molar-refractivity contribution in [2.75, 3.05) is 5.73 Å². The van der Waals surface area contributed by atoms with E-state index in [-0.39, 0.29) is 12.7 Å². The number of rotatable bonds is 3. The number of nitrogens with two attached hydrogens (primary N) is 1. The molecule has 0 aliphatic rings. The highest BCUT2D eigenvalue weighted by atomic mass is 19.2. The molecule has 0 aliphatic heterocycles. The Morgan fingerprint density at radius 2 is 1.58 bits per heavy atom. The molecular weight excluding hydrogens is 262 g/mol. The average molecular weight is 271 g/mol. The maximum Gasteiger partial charge on any atom is 0.203 e. The SMILES string of the molecule is Nc1cccc(COc2c(F)c(F)cc(F)c2F)c1. The average Bonchev–Trinajstić information content (AvgIpc) is 2.36. The zero-order chi connectivity index (χ0) is 14.0. The number of nitrogen functional groups attached to an aromatic ring is 1. The largest absolute Gasteiger partial charge is 0.483 e. The van der Waals surface area contributed by atoms with Gasteiger partial charge < -0.3 is 10.5 Å². The van der Waals surface area contributed by atoms with Crippen LogP contribution in [-0.2, 0) is 6.61 Å². The lowest BCUT2D eigenvalue weighted by Crippen LogP contribution is -2.04. The monoisotopic (exact) mass is 271 g/mol. The molecule has 19 heavy (non-hydrogen) atoms. The highest BCUT2D eigenvalue weighted by Gasteiger charge is 2.20. The molecule has 0 saturated heterocycles. The lowest BCUT2D eigenvalue weighted by molar-refractivity contribution is 0.261. The minimum absolute atomic E-state index is 0.123. The quantitative estimate of drug-likeness (QED) is 0.527. The third-order valence-electron chi connectivity index (χ3n) is 2.41. The molecule has 0 bridgehead atoms. The van der Waals surface area contributed by atoms with Gasteiger partial charge in [0, 0.05) is 11.8 Å². The van der Waals surface area contributed by atoms with Gasteiger partial charge in [0.15, 0.2) is 17.4 Å². The van der Waals surface area contributed by atoms with Gasteiger partial charge in [-0.3, -0.25) is 0 Å². The van der Waals surface area contributed by atoms with E-state index in [0.717, 1.165) is 0 Å². The molecule has 2 nitrogen and oxygen atoms in total. The van der Waals surface area contributed by atoms with Crippen molar-refractivity contribution >= 4 is 5.69 Å². The molecule has 0 saturated carbocycles. The predicted molar refractivity (Wildman–Crippen MR) is 61.5 cm³/mol. The number of anilines is 1. The lowest BCUT2D eigenvalue weighted by Gasteiger charge is -2.09. The lowest BCUT2D eigenvalue weighted by atomic mass is 10.2. The molecule has 0 amide bonds. The number of hydrogen-bond acceptors (Lipinski definition) is 2. The van der Waals surface area contributed by atoms with E-state index >= 15 is 0 Å². The van der Waals surface area contributed by atoms with Gasteiger partial charge in [-0.1, -0.05) is 12.1 Å². The van der Waals surface area contributed by atoms with Gasteiger partial charge in [-0.15, -0.1) is 0 Å². The molecule has 0 aliphatic carbocycles. The Labute approximate surface area is 106 Å². The second kappa shape index (κ2) is 5.17. The van der Waals surface area contributed by atoms with E-state index in [2.05, 4.69) is 0 Å². The van der Waals surface area contributed by atoms with Gasteiger partial charge in [0.05, 0.1) is 0 Å². The highest BCUT2D eigenvalue weighted by Crippen LogP contribution is 2.27. The number of benzene rings is 2. The topological polar surface area (TPSA) is 35.2 Å². The first-order chi connectivity index (χ1) is 8.99. The fourth-order valence-corrected chi connectivity index (χ4v) is 1.52. The molecule has 100 valence electrons. The normalized spacial score (nSPS) is 10.5. The zero-order valence-corrected chi connectivity index (χ0v) is 9.59. The third kappa shape index (κ3) is 2.78. The molecule has 2 N–H and O–H groups in total. The molecule has 2 rings (SSSR count). The Morgan fingerprint density at radius 3 is 2.16 bits per heavy atom. The van der Waals surface area contributed by atoms with Gasteiger partial charge in [0.2, 0.25) is 11.6 Å². The fraction of sp³-hybridized carbons (Fsp3) is 0.0769. The summed E-state index contributed by atoms with van der Waals surface area (Å²) < 4.78 is 57.2. The minimum Gasteiger partial charge on any atom is -0.483 e. The van der Waals surface area contributed by atoms with E-state index in [1.54, 1.807) is 18.2 Å². The first-order valence-corrected chi connectivity index (χ1v) is 5.29.